The Kier molecular flexibility index (Phi) is 20.9. The Morgan fingerprint density at radius 1 is 0.762 bits per heavy atom. The molecule has 2 unspecified atom stereocenters. The lowest BCUT2D eigenvalue weighted by Gasteiger charge is -2.44. The van der Waals surface area contributed by atoms with Gasteiger partial charge in [-0.1, -0.05) is 104 Å². The summed E-state index contributed by atoms with van der Waals surface area (Å²) in [5.41, 5.74) is -0.671. The molecule has 0 aromatic rings. The Morgan fingerprint density at radius 3 is 1.62 bits per heavy atom. The Balaban J connectivity index is 3.08. The average Bonchev–Trinajstić information content (AvgIpc) is 3.25. The monoisotopic (exact) mass is 579 g/mol. The number of hydrogen-bond acceptors (Lipinski definition) is 3. The number of amides is 1. The van der Waals surface area contributed by atoms with Gasteiger partial charge in [0.2, 0.25) is 11.7 Å². The molecule has 1 aliphatic rings. The van der Waals surface area contributed by atoms with Crippen molar-refractivity contribution >= 4 is 11.7 Å². The highest BCUT2D eigenvalue weighted by Gasteiger charge is 2.48. The molecule has 1 aliphatic heterocycles. The zero-order valence-electron chi connectivity index (χ0n) is 27.8. The van der Waals surface area contributed by atoms with E-state index in [9.17, 15) is 10.0 Å². The van der Waals surface area contributed by atoms with Crippen molar-refractivity contribution in [3.63, 3.8) is 0 Å². The number of carbonyl (C=O) groups is 1. The van der Waals surface area contributed by atoms with E-state index >= 15 is 0 Å². The van der Waals surface area contributed by atoms with Crippen LogP contribution in [-0.2, 0) is 4.79 Å². The number of nitrogens with zero attached hydrogens (tertiary/aromatic N) is 2. The molecule has 5 nitrogen and oxygen atoms in total. The van der Waals surface area contributed by atoms with Gasteiger partial charge < -0.3 is 10.5 Å². The number of hydroxylamine groups is 3. The maximum absolute atomic E-state index is 14.4. The van der Waals surface area contributed by atoms with Crippen LogP contribution in [0, 0.1) is 40.7 Å². The lowest BCUT2D eigenvalue weighted by Crippen LogP contribution is -2.60. The van der Waals surface area contributed by atoms with Crippen LogP contribution in [0.15, 0.2) is 4.99 Å². The molecule has 1 rings (SSSR count). The van der Waals surface area contributed by atoms with Crippen molar-refractivity contribution in [2.24, 2.45) is 4.99 Å². The summed E-state index contributed by atoms with van der Waals surface area (Å²) >= 11 is 0. The van der Waals surface area contributed by atoms with Crippen LogP contribution >= 0.6 is 0 Å². The summed E-state index contributed by atoms with van der Waals surface area (Å²) in [5.74, 6) is 20.3. The van der Waals surface area contributed by atoms with Crippen molar-refractivity contribution in [2.75, 3.05) is 6.54 Å². The number of amidine groups is 1. The van der Waals surface area contributed by atoms with Crippen LogP contribution in [0.25, 0.3) is 0 Å². The highest BCUT2D eigenvalue weighted by molar-refractivity contribution is 5.81. The van der Waals surface area contributed by atoms with E-state index in [4.69, 9.17) is 4.99 Å². The molecule has 1 heterocycles. The fraction of sp³-hybridized carbons (Fsp3) is 0.784. The first kappa shape index (κ1) is 37.8. The summed E-state index contributed by atoms with van der Waals surface area (Å²) in [6, 6.07) is 0. The lowest BCUT2D eigenvalue weighted by molar-refractivity contribution is -0.816. The van der Waals surface area contributed by atoms with Crippen molar-refractivity contribution in [3.8, 4) is 35.5 Å². The fourth-order valence-corrected chi connectivity index (χ4v) is 5.42. The van der Waals surface area contributed by atoms with Crippen molar-refractivity contribution in [1.82, 2.24) is 5.32 Å². The molecular weight excluding hydrogens is 518 g/mol. The highest BCUT2D eigenvalue weighted by atomic mass is 16.6. The smallest absolute Gasteiger partial charge is 0.221 e. The van der Waals surface area contributed by atoms with E-state index in [0.717, 1.165) is 38.5 Å². The predicted octanol–water partition coefficient (Wildman–Crippen LogP) is 9.20. The van der Waals surface area contributed by atoms with E-state index < -0.39 is 16.4 Å². The van der Waals surface area contributed by atoms with E-state index in [1.807, 2.05) is 0 Å². The molecule has 0 spiro atoms. The van der Waals surface area contributed by atoms with Gasteiger partial charge in [0.15, 0.2) is 6.17 Å². The second-order valence-corrected chi connectivity index (χ2v) is 12.2. The van der Waals surface area contributed by atoms with Gasteiger partial charge >= 0.3 is 0 Å². The van der Waals surface area contributed by atoms with Gasteiger partial charge in [-0.15, -0.1) is 29.6 Å². The normalized spacial score (nSPS) is 17.6. The first-order chi connectivity index (χ1) is 20.3. The van der Waals surface area contributed by atoms with Crippen molar-refractivity contribution in [3.05, 3.63) is 5.21 Å². The number of carbonyl (C=O) groups excluding carboxylic acids is 1. The molecule has 236 valence electrons. The highest BCUT2D eigenvalue weighted by Crippen LogP contribution is 2.35. The van der Waals surface area contributed by atoms with Crippen LogP contribution in [0.1, 0.15) is 169 Å². The van der Waals surface area contributed by atoms with E-state index in [1.165, 1.54) is 84.0 Å². The van der Waals surface area contributed by atoms with Gasteiger partial charge in [-0.05, 0) is 19.3 Å². The van der Waals surface area contributed by atoms with Crippen molar-refractivity contribution < 1.29 is 9.44 Å². The van der Waals surface area contributed by atoms with Crippen LogP contribution < -0.4 is 5.32 Å². The van der Waals surface area contributed by atoms with Gasteiger partial charge in [-0.2, -0.15) is 0 Å². The fourth-order valence-electron chi connectivity index (χ4n) is 5.42. The Hall–Kier alpha value is -2.26. The first-order valence-electron chi connectivity index (χ1n) is 17.2. The molecule has 5 heteroatoms. The standard InChI is InChI=1S/C37H61N3O2/c1-6-9-12-15-18-21-24-27-30-36-39-37(31-28-25-22-19-16-13-10-7-2,32-29-26-23-20-17-14-11-8-3)33-40(36,42)34(4)38-35(5)41/h34H,6-23,30-33H2,1-5H3,(H,38,41). The lowest BCUT2D eigenvalue weighted by atomic mass is 9.92. The second-order valence-electron chi connectivity index (χ2n) is 12.2. The number of aliphatic imine (C=N–C) groups is 1. The average molecular weight is 580 g/mol. The number of unbranched alkanes of at least 4 members (excludes halogenated alkanes) is 15. The molecule has 1 N–H and O–H groups in total. The molecule has 0 aliphatic carbocycles. The third kappa shape index (κ3) is 15.8. The minimum atomic E-state index is -0.678. The Labute approximate surface area is 259 Å². The number of rotatable bonds is 20. The summed E-state index contributed by atoms with van der Waals surface area (Å²) in [6.07, 6.45) is 21.6. The van der Waals surface area contributed by atoms with Crippen LogP contribution in [0.4, 0.5) is 0 Å². The topological polar surface area (TPSA) is 64.5 Å². The molecule has 2 atom stereocenters. The maximum atomic E-state index is 14.4. The summed E-state index contributed by atoms with van der Waals surface area (Å²) in [5, 5.41) is 17.3. The van der Waals surface area contributed by atoms with Crippen molar-refractivity contribution in [2.45, 2.75) is 181 Å². The van der Waals surface area contributed by atoms with Gasteiger partial charge in [0.05, 0.1) is 0 Å². The number of nitrogens with one attached hydrogen (secondary N) is 1. The van der Waals surface area contributed by atoms with E-state index in [0.29, 0.717) is 25.1 Å². The molecule has 1 amide bonds. The minimum Gasteiger partial charge on any atom is -0.625 e. The Bertz CT molecular complexity index is 934. The minimum absolute atomic E-state index is 0.211. The van der Waals surface area contributed by atoms with Crippen LogP contribution in [0.5, 0.6) is 0 Å². The van der Waals surface area contributed by atoms with Crippen LogP contribution in [0.3, 0.4) is 0 Å². The zero-order valence-corrected chi connectivity index (χ0v) is 27.8. The van der Waals surface area contributed by atoms with Crippen molar-refractivity contribution in [1.29, 1.82) is 0 Å². The second kappa shape index (κ2) is 23.2. The molecule has 0 saturated carbocycles. The first-order valence-corrected chi connectivity index (χ1v) is 17.2. The molecule has 0 radical (unpaired) electrons. The quantitative estimate of drug-likeness (QED) is 0.0676. The maximum Gasteiger partial charge on any atom is 0.221 e. The summed E-state index contributed by atoms with van der Waals surface area (Å²) in [6.45, 7) is 10.2. The zero-order chi connectivity index (χ0) is 30.9. The molecule has 0 saturated heterocycles. The Morgan fingerprint density at radius 2 is 1.19 bits per heavy atom. The predicted molar refractivity (Wildman–Crippen MR) is 179 cm³/mol. The molecule has 0 fully saturated rings. The summed E-state index contributed by atoms with van der Waals surface area (Å²) in [4.78, 5) is 17.0. The van der Waals surface area contributed by atoms with Crippen LogP contribution in [-0.4, -0.2) is 34.6 Å². The summed E-state index contributed by atoms with van der Waals surface area (Å²) in [7, 11) is 0. The molecule has 42 heavy (non-hydrogen) atoms. The van der Waals surface area contributed by atoms with Gasteiger partial charge in [-0.3, -0.25) is 9.44 Å². The number of hydrogen-bond donors (Lipinski definition) is 1. The third-order valence-electron chi connectivity index (χ3n) is 8.04. The van der Waals surface area contributed by atoms with E-state index in [1.54, 1.807) is 6.92 Å². The van der Waals surface area contributed by atoms with E-state index in [2.05, 4.69) is 61.6 Å². The third-order valence-corrected chi connectivity index (χ3v) is 8.04. The van der Waals surface area contributed by atoms with Gasteiger partial charge in [-0.25, -0.2) is 4.99 Å². The SMILES string of the molecule is CCCCCCCC#CCC1=NC(CC#CCCCCCCC)(CC#CCCCCCCC)C[N+]1([O-])C(C)NC(C)=O. The number of quaternary nitrogens is 1. The van der Waals surface area contributed by atoms with E-state index in [-0.39, 0.29) is 12.5 Å². The largest absolute Gasteiger partial charge is 0.625 e. The van der Waals surface area contributed by atoms with Gasteiger partial charge in [0, 0.05) is 46.0 Å². The molecule has 0 bridgehead atoms. The van der Waals surface area contributed by atoms with Gasteiger partial charge in [0.25, 0.3) is 0 Å². The molecule has 0 aromatic heterocycles. The van der Waals surface area contributed by atoms with Crippen LogP contribution in [0.2, 0.25) is 0 Å². The summed E-state index contributed by atoms with van der Waals surface area (Å²) < 4.78 is -0.678. The molecular formula is C37H61N3O2. The molecule has 0 aromatic carbocycles. The van der Waals surface area contributed by atoms with Gasteiger partial charge in [0.1, 0.15) is 18.5 Å².